The largest absolute Gasteiger partial charge is 0.366 e. The Morgan fingerprint density at radius 1 is 0.882 bits per heavy atom. The Morgan fingerprint density at radius 2 is 1.59 bits per heavy atom. The molecular weight excluding hydrogens is 420 g/mol. The highest BCUT2D eigenvalue weighted by atomic mass is 16.1. The van der Waals surface area contributed by atoms with Crippen molar-refractivity contribution in [1.82, 2.24) is 4.57 Å². The van der Waals surface area contributed by atoms with Crippen LogP contribution in [0.15, 0.2) is 84.9 Å². The lowest BCUT2D eigenvalue weighted by atomic mass is 10.00. The quantitative estimate of drug-likeness (QED) is 0.321. The molecule has 1 aromatic heterocycles. The summed E-state index contributed by atoms with van der Waals surface area (Å²) in [5.74, 6) is -0.0907. The number of nitrogens with two attached hydrogens (primary N) is 1. The number of amides is 1. The molecule has 5 aromatic rings. The molecule has 2 N–H and O–H groups in total. The molecule has 1 heterocycles. The van der Waals surface area contributed by atoms with Gasteiger partial charge in [0.25, 0.3) is 0 Å². The van der Waals surface area contributed by atoms with E-state index in [1.807, 2.05) is 72.8 Å². The van der Waals surface area contributed by atoms with Crippen LogP contribution in [0.4, 0.5) is 0 Å². The van der Waals surface area contributed by atoms with E-state index in [4.69, 9.17) is 5.73 Å². The minimum Gasteiger partial charge on any atom is -0.366 e. The first kappa shape index (κ1) is 21.7. The number of carbonyl (C=O) groups excluding carboxylic acids is 2. The second kappa shape index (κ2) is 8.64. The fourth-order valence-electron chi connectivity index (χ4n) is 4.48. The number of ketones is 1. The number of rotatable bonds is 6. The standard InChI is InChI=1S/C30H25N2O2/c1-19(2)23-15-16-24-27(17-23)32(26-10-6-9-25(28(24)26)30(31)34)18-20-11-13-22(14-12-20)29(33)21-7-4-3-5-8-21/h3-15,17,19H,18H2,1-2H3,(H2,31,34). The van der Waals surface area contributed by atoms with Crippen LogP contribution in [0.5, 0.6) is 0 Å². The van der Waals surface area contributed by atoms with E-state index in [9.17, 15) is 9.59 Å². The van der Waals surface area contributed by atoms with Crippen molar-refractivity contribution in [3.05, 3.63) is 119 Å². The molecule has 4 aromatic carbocycles. The summed E-state index contributed by atoms with van der Waals surface area (Å²) in [5, 5.41) is 1.72. The van der Waals surface area contributed by atoms with Crippen molar-refractivity contribution in [2.75, 3.05) is 0 Å². The van der Waals surface area contributed by atoms with Crippen molar-refractivity contribution >= 4 is 33.5 Å². The number of fused-ring (bicyclic) bond motifs is 3. The minimum atomic E-state index is -0.449. The molecule has 5 rings (SSSR count). The average molecular weight is 446 g/mol. The van der Waals surface area contributed by atoms with Crippen molar-refractivity contribution in [3.63, 3.8) is 0 Å². The third kappa shape index (κ3) is 3.77. The lowest BCUT2D eigenvalue weighted by Gasteiger charge is -2.11. The highest BCUT2D eigenvalue weighted by Gasteiger charge is 2.18. The molecule has 0 atom stereocenters. The number of hydrogen-bond acceptors (Lipinski definition) is 2. The lowest BCUT2D eigenvalue weighted by Crippen LogP contribution is -2.11. The summed E-state index contributed by atoms with van der Waals surface area (Å²) in [5.41, 5.74) is 11.7. The molecule has 4 heteroatoms. The maximum absolute atomic E-state index is 12.8. The van der Waals surface area contributed by atoms with Crippen LogP contribution < -0.4 is 5.73 Å². The highest BCUT2D eigenvalue weighted by Crippen LogP contribution is 2.34. The fraction of sp³-hybridized carbons (Fsp3) is 0.133. The van der Waals surface area contributed by atoms with Gasteiger partial charge in [0.15, 0.2) is 5.78 Å². The predicted octanol–water partition coefficient (Wildman–Crippen LogP) is 6.10. The van der Waals surface area contributed by atoms with Crippen molar-refractivity contribution in [2.45, 2.75) is 26.3 Å². The molecule has 0 fully saturated rings. The SMILES string of the molecule is CC(C)c1c[c]c2c3c(C(N)=O)cccc3n(Cc3ccc(C(=O)c4ccccc4)cc3)c2c1. The fourth-order valence-corrected chi connectivity index (χ4v) is 4.48. The van der Waals surface area contributed by atoms with Crippen molar-refractivity contribution in [1.29, 1.82) is 0 Å². The molecule has 167 valence electrons. The Morgan fingerprint density at radius 3 is 2.26 bits per heavy atom. The topological polar surface area (TPSA) is 65.1 Å². The summed E-state index contributed by atoms with van der Waals surface area (Å²) >= 11 is 0. The molecule has 0 aliphatic carbocycles. The van der Waals surface area contributed by atoms with Gasteiger partial charge in [-0.25, -0.2) is 0 Å². The monoisotopic (exact) mass is 445 g/mol. The Kier molecular flexibility index (Phi) is 5.50. The number of carbonyl (C=O) groups is 2. The molecule has 0 bridgehead atoms. The van der Waals surface area contributed by atoms with Crippen molar-refractivity contribution in [2.24, 2.45) is 5.73 Å². The van der Waals surface area contributed by atoms with E-state index in [2.05, 4.69) is 30.5 Å². The molecular formula is C30H25N2O2. The van der Waals surface area contributed by atoms with Crippen molar-refractivity contribution < 1.29 is 9.59 Å². The van der Waals surface area contributed by atoms with Crippen LogP contribution in [-0.4, -0.2) is 16.3 Å². The number of primary amides is 1. The van der Waals surface area contributed by atoms with Gasteiger partial charge in [-0.05, 0) is 41.3 Å². The molecule has 0 saturated heterocycles. The molecule has 0 spiro atoms. The van der Waals surface area contributed by atoms with Crippen molar-refractivity contribution in [3.8, 4) is 0 Å². The number of benzene rings is 4. The lowest BCUT2D eigenvalue weighted by molar-refractivity contribution is 0.1000. The van der Waals surface area contributed by atoms with Gasteiger partial charge in [0, 0.05) is 34.0 Å². The van der Waals surface area contributed by atoms with Gasteiger partial charge in [0.2, 0.25) is 5.91 Å². The average Bonchev–Trinajstić information content (AvgIpc) is 3.17. The normalized spacial score (nSPS) is 11.4. The first-order valence-electron chi connectivity index (χ1n) is 11.4. The summed E-state index contributed by atoms with van der Waals surface area (Å²) in [6.45, 7) is 4.90. The van der Waals surface area contributed by atoms with Crippen LogP contribution >= 0.6 is 0 Å². The van der Waals surface area contributed by atoms with Gasteiger partial charge in [-0.3, -0.25) is 9.59 Å². The van der Waals surface area contributed by atoms with E-state index in [1.54, 1.807) is 6.07 Å². The Labute approximate surface area is 198 Å². The van der Waals surface area contributed by atoms with E-state index < -0.39 is 5.91 Å². The zero-order chi connectivity index (χ0) is 23.8. The molecule has 1 amide bonds. The zero-order valence-electron chi connectivity index (χ0n) is 19.2. The molecule has 0 unspecified atom stereocenters. The first-order chi connectivity index (χ1) is 16.4. The van der Waals surface area contributed by atoms with Gasteiger partial charge in [-0.2, -0.15) is 0 Å². The van der Waals surface area contributed by atoms with E-state index >= 15 is 0 Å². The molecule has 0 aliphatic heterocycles. The molecule has 1 radical (unpaired) electrons. The summed E-state index contributed by atoms with van der Waals surface area (Å²) < 4.78 is 2.20. The second-order valence-electron chi connectivity index (χ2n) is 8.89. The maximum atomic E-state index is 12.8. The molecule has 0 saturated carbocycles. The number of aromatic nitrogens is 1. The summed E-state index contributed by atoms with van der Waals surface area (Å²) in [6.07, 6.45) is 0. The van der Waals surface area contributed by atoms with Gasteiger partial charge in [-0.15, -0.1) is 0 Å². The van der Waals surface area contributed by atoms with E-state index in [0.717, 1.165) is 27.4 Å². The van der Waals surface area contributed by atoms with Gasteiger partial charge in [0.1, 0.15) is 0 Å². The Hall–Kier alpha value is -4.18. The Bertz CT molecular complexity index is 1530. The third-order valence-electron chi connectivity index (χ3n) is 6.34. The van der Waals surface area contributed by atoms with Gasteiger partial charge in [0.05, 0.1) is 11.0 Å². The van der Waals surface area contributed by atoms with Gasteiger partial charge >= 0.3 is 0 Å². The molecule has 34 heavy (non-hydrogen) atoms. The van der Waals surface area contributed by atoms with Crippen LogP contribution in [0.25, 0.3) is 21.8 Å². The van der Waals surface area contributed by atoms with Crippen LogP contribution in [0.3, 0.4) is 0 Å². The summed E-state index contributed by atoms with van der Waals surface area (Å²) in [4.78, 5) is 25.0. The van der Waals surface area contributed by atoms with Gasteiger partial charge in [-0.1, -0.05) is 80.6 Å². The minimum absolute atomic E-state index is 0.00582. The second-order valence-corrected chi connectivity index (χ2v) is 8.89. The Balaban J connectivity index is 1.60. The summed E-state index contributed by atoms with van der Waals surface area (Å²) in [6, 6.07) is 30.2. The molecule has 0 aliphatic rings. The number of nitrogens with zero attached hydrogens (tertiary/aromatic N) is 1. The van der Waals surface area contributed by atoms with E-state index in [0.29, 0.717) is 29.2 Å². The third-order valence-corrected chi connectivity index (χ3v) is 6.34. The smallest absolute Gasteiger partial charge is 0.249 e. The molecule has 4 nitrogen and oxygen atoms in total. The van der Waals surface area contributed by atoms with Gasteiger partial charge < -0.3 is 10.3 Å². The van der Waals surface area contributed by atoms with Crippen LogP contribution in [0.2, 0.25) is 0 Å². The van der Waals surface area contributed by atoms with E-state index in [-0.39, 0.29) is 5.78 Å². The zero-order valence-corrected chi connectivity index (χ0v) is 19.2. The van der Waals surface area contributed by atoms with Crippen LogP contribution in [0.1, 0.15) is 57.2 Å². The predicted molar refractivity (Wildman–Crippen MR) is 136 cm³/mol. The van der Waals surface area contributed by atoms with Crippen LogP contribution in [0, 0.1) is 6.07 Å². The summed E-state index contributed by atoms with van der Waals surface area (Å²) in [7, 11) is 0. The van der Waals surface area contributed by atoms with Crippen LogP contribution in [-0.2, 0) is 6.54 Å². The maximum Gasteiger partial charge on any atom is 0.249 e. The first-order valence-corrected chi connectivity index (χ1v) is 11.4. The van der Waals surface area contributed by atoms with E-state index in [1.165, 1.54) is 5.56 Å². The number of hydrogen-bond donors (Lipinski definition) is 1. The highest BCUT2D eigenvalue weighted by molar-refractivity contribution is 6.17.